The Balaban J connectivity index is 1.85. The topological polar surface area (TPSA) is 107 Å². The molecule has 1 aliphatic heterocycles. The van der Waals surface area contributed by atoms with Crippen molar-refractivity contribution in [1.82, 2.24) is 15.0 Å². The lowest BCUT2D eigenvalue weighted by atomic mass is 10.1. The molecule has 1 aromatic heterocycles. The number of pyridine rings is 1. The number of thiol groups is 1. The highest BCUT2D eigenvalue weighted by molar-refractivity contribution is 8.02. The molecule has 1 aromatic carbocycles. The SMILES string of the molecule is CN[SH]1(=O)CC(c2cc(NC(=O)c3ccc(Cl)cn3)ccc2F)NC(=N)C1C. The third kappa shape index (κ3) is 4.06. The number of hydrogen-bond donors (Lipinski definition) is 5. The molecule has 0 radical (unpaired) electrons. The van der Waals surface area contributed by atoms with Crippen LogP contribution in [0.1, 0.15) is 29.0 Å². The smallest absolute Gasteiger partial charge is 0.274 e. The summed E-state index contributed by atoms with van der Waals surface area (Å²) in [6.45, 7) is 1.70. The molecule has 2 unspecified atom stereocenters. The molecule has 150 valence electrons. The molecule has 0 spiro atoms. The van der Waals surface area contributed by atoms with Crippen molar-refractivity contribution in [3.05, 3.63) is 58.6 Å². The quantitative estimate of drug-likeness (QED) is 0.484. The molecule has 0 aliphatic carbocycles. The zero-order chi connectivity index (χ0) is 20.5. The van der Waals surface area contributed by atoms with Gasteiger partial charge in [0.2, 0.25) is 0 Å². The Morgan fingerprint density at radius 3 is 2.79 bits per heavy atom. The highest BCUT2D eigenvalue weighted by Gasteiger charge is 2.36. The van der Waals surface area contributed by atoms with Gasteiger partial charge in [-0.15, -0.1) is 0 Å². The van der Waals surface area contributed by atoms with E-state index in [-0.39, 0.29) is 22.8 Å². The molecule has 3 rings (SSSR count). The van der Waals surface area contributed by atoms with Crippen molar-refractivity contribution in [1.29, 1.82) is 5.41 Å². The van der Waals surface area contributed by atoms with Crippen molar-refractivity contribution in [2.45, 2.75) is 18.2 Å². The molecule has 1 aliphatic rings. The van der Waals surface area contributed by atoms with Crippen molar-refractivity contribution < 1.29 is 13.4 Å². The maximum absolute atomic E-state index is 14.5. The summed E-state index contributed by atoms with van der Waals surface area (Å²) in [6, 6.07) is 6.52. The summed E-state index contributed by atoms with van der Waals surface area (Å²) in [5.41, 5.74) is 0.764. The van der Waals surface area contributed by atoms with E-state index < -0.39 is 33.1 Å². The Labute approximate surface area is 168 Å². The molecule has 0 saturated carbocycles. The normalized spacial score (nSPS) is 22.2. The molecular weight excluding hydrogens is 405 g/mol. The van der Waals surface area contributed by atoms with Crippen molar-refractivity contribution in [2.75, 3.05) is 18.1 Å². The molecule has 2 aromatic rings. The van der Waals surface area contributed by atoms with Crippen LogP contribution in [0.15, 0.2) is 36.5 Å². The van der Waals surface area contributed by atoms with Gasteiger partial charge >= 0.3 is 0 Å². The number of nitrogens with one attached hydrogen (secondary N) is 4. The van der Waals surface area contributed by atoms with E-state index in [1.807, 2.05) is 0 Å². The molecule has 1 amide bonds. The number of rotatable bonds is 4. The Bertz CT molecular complexity index is 969. The van der Waals surface area contributed by atoms with E-state index >= 15 is 0 Å². The summed E-state index contributed by atoms with van der Waals surface area (Å²) in [7, 11) is -1.31. The number of anilines is 1. The zero-order valence-corrected chi connectivity index (χ0v) is 16.9. The van der Waals surface area contributed by atoms with Gasteiger partial charge in [-0.05, 0) is 54.4 Å². The van der Waals surface area contributed by atoms with Crippen LogP contribution in [-0.4, -0.2) is 39.0 Å². The molecule has 7 nitrogen and oxygen atoms in total. The number of hydrogen-bond acceptors (Lipinski definition) is 4. The van der Waals surface area contributed by atoms with Gasteiger partial charge in [0, 0.05) is 23.2 Å². The molecule has 4 N–H and O–H groups in total. The maximum atomic E-state index is 14.5. The summed E-state index contributed by atoms with van der Waals surface area (Å²) < 4.78 is 30.3. The van der Waals surface area contributed by atoms with Gasteiger partial charge in [0.1, 0.15) is 17.3 Å². The predicted octanol–water partition coefficient (Wildman–Crippen LogP) is 2.29. The third-order valence-electron chi connectivity index (χ3n) is 4.79. The van der Waals surface area contributed by atoms with E-state index in [0.29, 0.717) is 10.7 Å². The number of aromatic nitrogens is 1. The number of amidine groups is 1. The number of halogens is 2. The first-order chi connectivity index (χ1) is 13.2. The van der Waals surface area contributed by atoms with Gasteiger partial charge in [0.15, 0.2) is 0 Å². The Morgan fingerprint density at radius 2 is 2.14 bits per heavy atom. The van der Waals surface area contributed by atoms with Crippen LogP contribution in [0, 0.1) is 11.2 Å². The van der Waals surface area contributed by atoms with E-state index in [0.717, 1.165) is 0 Å². The van der Waals surface area contributed by atoms with Crippen molar-refractivity contribution in [3.63, 3.8) is 0 Å². The van der Waals surface area contributed by atoms with Gasteiger partial charge in [-0.1, -0.05) is 11.6 Å². The highest BCUT2D eigenvalue weighted by atomic mass is 35.5. The number of nitrogens with zero attached hydrogens (tertiary/aromatic N) is 1. The van der Waals surface area contributed by atoms with Crippen molar-refractivity contribution in [3.8, 4) is 0 Å². The first-order valence-electron chi connectivity index (χ1n) is 8.58. The maximum Gasteiger partial charge on any atom is 0.274 e. The Hall–Kier alpha value is -2.36. The predicted molar refractivity (Wildman–Crippen MR) is 110 cm³/mol. The lowest BCUT2D eigenvalue weighted by Crippen LogP contribution is -2.56. The fourth-order valence-electron chi connectivity index (χ4n) is 3.05. The van der Waals surface area contributed by atoms with Crippen molar-refractivity contribution >= 4 is 39.1 Å². The van der Waals surface area contributed by atoms with Gasteiger partial charge in [-0.2, -0.15) is 0 Å². The first-order valence-corrected chi connectivity index (χ1v) is 10.9. The van der Waals surface area contributed by atoms with E-state index in [2.05, 4.69) is 20.3 Å². The van der Waals surface area contributed by atoms with Gasteiger partial charge in [0.05, 0.1) is 16.3 Å². The largest absolute Gasteiger partial charge is 0.365 e. The summed E-state index contributed by atoms with van der Waals surface area (Å²) in [6.07, 6.45) is 1.36. The number of benzene rings is 1. The van der Waals surface area contributed by atoms with Crippen LogP contribution >= 0.6 is 11.6 Å². The summed E-state index contributed by atoms with van der Waals surface area (Å²) in [4.78, 5) is 16.3. The fraction of sp³-hybridized carbons (Fsp3) is 0.278. The lowest BCUT2D eigenvalue weighted by Gasteiger charge is -2.40. The van der Waals surface area contributed by atoms with Gasteiger partial charge in [-0.3, -0.25) is 19.1 Å². The average molecular weight is 426 g/mol. The van der Waals surface area contributed by atoms with E-state index in [4.69, 9.17) is 17.0 Å². The molecule has 10 heteroatoms. The summed E-state index contributed by atoms with van der Waals surface area (Å²) in [5.74, 6) is -0.730. The first kappa shape index (κ1) is 20.4. The number of amides is 1. The van der Waals surface area contributed by atoms with Gasteiger partial charge in [0.25, 0.3) is 5.91 Å². The molecule has 0 bridgehead atoms. The summed E-state index contributed by atoms with van der Waals surface area (Å²) in [5, 5.41) is 13.6. The van der Waals surface area contributed by atoms with Crippen LogP contribution in [0.4, 0.5) is 10.1 Å². The molecule has 28 heavy (non-hydrogen) atoms. The zero-order valence-electron chi connectivity index (χ0n) is 15.3. The number of carbonyl (C=O) groups excluding carboxylic acids is 1. The second kappa shape index (κ2) is 7.94. The molecule has 1 fully saturated rings. The highest BCUT2D eigenvalue weighted by Crippen LogP contribution is 2.29. The van der Waals surface area contributed by atoms with Crippen LogP contribution in [0.25, 0.3) is 0 Å². The van der Waals surface area contributed by atoms with Crippen LogP contribution in [0.3, 0.4) is 0 Å². The standard InChI is InChI=1S/C18H21ClFN5O2S/c1-10-17(21)25-16(9-28(10,27)22-2)13-7-12(4-5-14(13)20)24-18(26)15-6-3-11(19)8-23-15/h3-8,10,16,28H,9H2,1-2H3,(H2,21,25)(H,22,27)(H,24,26). The second-order valence-electron chi connectivity index (χ2n) is 6.54. The monoisotopic (exact) mass is 425 g/mol. The van der Waals surface area contributed by atoms with Crippen LogP contribution in [-0.2, 0) is 10.1 Å². The summed E-state index contributed by atoms with van der Waals surface area (Å²) >= 11 is 5.77. The lowest BCUT2D eigenvalue weighted by molar-refractivity contribution is 0.102. The fourth-order valence-corrected chi connectivity index (χ4v) is 5.37. The molecule has 2 atom stereocenters. The van der Waals surface area contributed by atoms with E-state index in [1.165, 1.54) is 30.5 Å². The minimum atomic E-state index is -2.89. The molecule has 2 heterocycles. The van der Waals surface area contributed by atoms with Crippen LogP contribution < -0.4 is 15.4 Å². The minimum Gasteiger partial charge on any atom is -0.365 e. The van der Waals surface area contributed by atoms with Crippen LogP contribution in [0.5, 0.6) is 0 Å². The average Bonchev–Trinajstić information content (AvgIpc) is 2.67. The van der Waals surface area contributed by atoms with E-state index in [1.54, 1.807) is 20.0 Å². The van der Waals surface area contributed by atoms with Gasteiger partial charge < -0.3 is 10.6 Å². The van der Waals surface area contributed by atoms with Crippen molar-refractivity contribution in [2.24, 2.45) is 0 Å². The van der Waals surface area contributed by atoms with Crippen LogP contribution in [0.2, 0.25) is 5.02 Å². The molecular formula is C18H21ClFN5O2S. The Morgan fingerprint density at radius 1 is 1.39 bits per heavy atom. The molecule has 1 saturated heterocycles. The third-order valence-corrected chi connectivity index (χ3v) is 8.19. The minimum absolute atomic E-state index is 0.0909. The second-order valence-corrected chi connectivity index (χ2v) is 10.2. The number of carbonyl (C=O) groups is 1. The van der Waals surface area contributed by atoms with Gasteiger partial charge in [-0.25, -0.2) is 9.37 Å². The van der Waals surface area contributed by atoms with E-state index in [9.17, 15) is 13.4 Å². The Kier molecular flexibility index (Phi) is 5.78.